The van der Waals surface area contributed by atoms with Crippen molar-refractivity contribution in [3.05, 3.63) is 52.5 Å². The smallest absolute Gasteiger partial charge is 0.316 e. The van der Waals surface area contributed by atoms with Gasteiger partial charge in [-0.25, -0.2) is 0 Å². The van der Waals surface area contributed by atoms with Crippen molar-refractivity contribution in [3.8, 4) is 5.75 Å². The standard InChI is InChI=1S/C17H15Cl2NO4S/c1-23-14-7-6-11(18)8-13(14)20-16(21)9-24-17(22)10-25-15-5-3-2-4-12(15)19/h2-8H,9-10H2,1H3,(H,20,21). The van der Waals surface area contributed by atoms with Gasteiger partial charge in [-0.3, -0.25) is 9.59 Å². The first-order valence-corrected chi connectivity index (χ1v) is 8.90. The third kappa shape index (κ3) is 6.16. The second kappa shape index (κ2) is 9.56. The van der Waals surface area contributed by atoms with Gasteiger partial charge in [0, 0.05) is 9.92 Å². The molecule has 0 fully saturated rings. The van der Waals surface area contributed by atoms with Crippen LogP contribution >= 0.6 is 35.0 Å². The van der Waals surface area contributed by atoms with E-state index in [0.717, 1.165) is 4.90 Å². The van der Waals surface area contributed by atoms with Gasteiger partial charge in [0.05, 0.1) is 23.6 Å². The van der Waals surface area contributed by atoms with Crippen LogP contribution in [0.25, 0.3) is 0 Å². The second-order valence-electron chi connectivity index (χ2n) is 4.77. The van der Waals surface area contributed by atoms with E-state index in [2.05, 4.69) is 5.32 Å². The highest BCUT2D eigenvalue weighted by Crippen LogP contribution is 2.28. The Balaban J connectivity index is 1.81. The largest absolute Gasteiger partial charge is 0.495 e. The minimum absolute atomic E-state index is 0.0531. The lowest BCUT2D eigenvalue weighted by molar-refractivity contribution is -0.144. The number of nitrogens with one attached hydrogen (secondary N) is 1. The molecule has 0 heterocycles. The van der Waals surface area contributed by atoms with Crippen molar-refractivity contribution in [2.45, 2.75) is 4.90 Å². The Labute approximate surface area is 159 Å². The zero-order valence-corrected chi connectivity index (χ0v) is 15.6. The van der Waals surface area contributed by atoms with E-state index in [-0.39, 0.29) is 5.75 Å². The first kappa shape index (κ1) is 19.4. The number of hydrogen-bond acceptors (Lipinski definition) is 5. The molecule has 0 atom stereocenters. The molecule has 0 aliphatic carbocycles. The summed E-state index contributed by atoms with van der Waals surface area (Å²) < 4.78 is 10.1. The summed E-state index contributed by atoms with van der Waals surface area (Å²) in [6, 6.07) is 12.0. The Bertz CT molecular complexity index is 770. The fourth-order valence-electron chi connectivity index (χ4n) is 1.85. The number of methoxy groups -OCH3 is 1. The van der Waals surface area contributed by atoms with E-state index >= 15 is 0 Å². The van der Waals surface area contributed by atoms with Crippen LogP contribution in [0.4, 0.5) is 5.69 Å². The van der Waals surface area contributed by atoms with Gasteiger partial charge in [0.1, 0.15) is 5.75 Å². The highest BCUT2D eigenvalue weighted by Gasteiger charge is 2.12. The molecular formula is C17H15Cl2NO4S. The highest BCUT2D eigenvalue weighted by molar-refractivity contribution is 8.00. The second-order valence-corrected chi connectivity index (χ2v) is 6.63. The molecule has 0 unspecified atom stereocenters. The number of anilines is 1. The van der Waals surface area contributed by atoms with Crippen LogP contribution in [0.2, 0.25) is 10.0 Å². The number of ether oxygens (including phenoxy) is 2. The fourth-order valence-corrected chi connectivity index (χ4v) is 3.06. The SMILES string of the molecule is COc1ccc(Cl)cc1NC(=O)COC(=O)CSc1ccccc1Cl. The van der Waals surface area contributed by atoms with Gasteiger partial charge in [0.25, 0.3) is 5.91 Å². The van der Waals surface area contributed by atoms with E-state index < -0.39 is 18.5 Å². The average Bonchev–Trinajstić information content (AvgIpc) is 2.59. The van der Waals surface area contributed by atoms with E-state index in [0.29, 0.717) is 21.5 Å². The molecule has 132 valence electrons. The Kier molecular flexibility index (Phi) is 7.43. The maximum atomic E-state index is 11.9. The zero-order chi connectivity index (χ0) is 18.2. The highest BCUT2D eigenvalue weighted by atomic mass is 35.5. The first-order valence-electron chi connectivity index (χ1n) is 7.16. The summed E-state index contributed by atoms with van der Waals surface area (Å²) in [4.78, 5) is 24.4. The van der Waals surface area contributed by atoms with Gasteiger partial charge in [-0.15, -0.1) is 11.8 Å². The van der Waals surface area contributed by atoms with Crippen LogP contribution in [0, 0.1) is 0 Å². The van der Waals surface area contributed by atoms with Gasteiger partial charge >= 0.3 is 5.97 Å². The summed E-state index contributed by atoms with van der Waals surface area (Å²) in [5, 5.41) is 3.60. The average molecular weight is 400 g/mol. The van der Waals surface area contributed by atoms with E-state index in [4.69, 9.17) is 32.7 Å². The summed E-state index contributed by atoms with van der Waals surface area (Å²) in [7, 11) is 1.48. The molecule has 25 heavy (non-hydrogen) atoms. The monoisotopic (exact) mass is 399 g/mol. The van der Waals surface area contributed by atoms with E-state index in [1.54, 1.807) is 36.4 Å². The van der Waals surface area contributed by atoms with Crippen LogP contribution in [0.3, 0.4) is 0 Å². The summed E-state index contributed by atoms with van der Waals surface area (Å²) in [5.41, 5.74) is 0.404. The Morgan fingerprint density at radius 2 is 1.92 bits per heavy atom. The van der Waals surface area contributed by atoms with Crippen molar-refractivity contribution in [2.75, 3.05) is 24.8 Å². The predicted octanol–water partition coefficient (Wildman–Crippen LogP) is 4.28. The van der Waals surface area contributed by atoms with E-state index in [9.17, 15) is 9.59 Å². The van der Waals surface area contributed by atoms with Crippen LogP contribution in [0.1, 0.15) is 0 Å². The maximum Gasteiger partial charge on any atom is 0.316 e. The Morgan fingerprint density at radius 1 is 1.16 bits per heavy atom. The lowest BCUT2D eigenvalue weighted by Gasteiger charge is -2.11. The lowest BCUT2D eigenvalue weighted by Crippen LogP contribution is -2.21. The number of benzene rings is 2. The van der Waals surface area contributed by atoms with Gasteiger partial charge in [-0.1, -0.05) is 35.3 Å². The number of carbonyl (C=O) groups excluding carboxylic acids is 2. The van der Waals surface area contributed by atoms with Crippen LogP contribution in [-0.2, 0) is 14.3 Å². The topological polar surface area (TPSA) is 64.6 Å². The van der Waals surface area contributed by atoms with Crippen molar-refractivity contribution in [1.82, 2.24) is 0 Å². The molecule has 5 nitrogen and oxygen atoms in total. The first-order chi connectivity index (χ1) is 12.0. The molecule has 2 aromatic rings. The molecule has 0 saturated heterocycles. The number of hydrogen-bond donors (Lipinski definition) is 1. The Hall–Kier alpha value is -1.89. The molecular weight excluding hydrogens is 385 g/mol. The third-order valence-electron chi connectivity index (χ3n) is 2.98. The van der Waals surface area contributed by atoms with Crippen molar-refractivity contribution in [2.24, 2.45) is 0 Å². The van der Waals surface area contributed by atoms with Crippen molar-refractivity contribution in [1.29, 1.82) is 0 Å². The van der Waals surface area contributed by atoms with E-state index in [1.165, 1.54) is 18.9 Å². The number of thioether (sulfide) groups is 1. The molecule has 0 spiro atoms. The number of halogens is 2. The molecule has 0 radical (unpaired) electrons. The summed E-state index contributed by atoms with van der Waals surface area (Å²) >= 11 is 13.1. The number of amides is 1. The zero-order valence-electron chi connectivity index (χ0n) is 13.3. The van der Waals surface area contributed by atoms with Gasteiger partial charge in [-0.05, 0) is 30.3 Å². The maximum absolute atomic E-state index is 11.9. The number of carbonyl (C=O) groups is 2. The minimum Gasteiger partial charge on any atom is -0.495 e. The molecule has 0 aromatic heterocycles. The van der Waals surface area contributed by atoms with Gasteiger partial charge < -0.3 is 14.8 Å². The van der Waals surface area contributed by atoms with Gasteiger partial charge in [0.15, 0.2) is 6.61 Å². The third-order valence-corrected chi connectivity index (χ3v) is 4.71. The van der Waals surface area contributed by atoms with Crippen molar-refractivity contribution >= 4 is 52.5 Å². The normalized spacial score (nSPS) is 10.2. The van der Waals surface area contributed by atoms with Crippen LogP contribution in [-0.4, -0.2) is 31.3 Å². The summed E-state index contributed by atoms with van der Waals surface area (Å²) in [6.07, 6.45) is 0. The summed E-state index contributed by atoms with van der Waals surface area (Å²) in [5.74, 6) is -0.495. The fraction of sp³-hybridized carbons (Fsp3) is 0.176. The molecule has 0 aliphatic rings. The van der Waals surface area contributed by atoms with Crippen LogP contribution in [0.5, 0.6) is 5.75 Å². The molecule has 0 bridgehead atoms. The molecule has 1 N–H and O–H groups in total. The van der Waals surface area contributed by atoms with Crippen molar-refractivity contribution < 1.29 is 19.1 Å². The van der Waals surface area contributed by atoms with Crippen molar-refractivity contribution in [3.63, 3.8) is 0 Å². The molecule has 2 rings (SSSR count). The quantitative estimate of drug-likeness (QED) is 0.555. The van der Waals surface area contributed by atoms with Crippen LogP contribution < -0.4 is 10.1 Å². The Morgan fingerprint density at radius 3 is 2.64 bits per heavy atom. The van der Waals surface area contributed by atoms with E-state index in [1.807, 2.05) is 6.07 Å². The molecule has 0 aliphatic heterocycles. The minimum atomic E-state index is -0.516. The lowest BCUT2D eigenvalue weighted by atomic mass is 10.3. The molecule has 1 amide bonds. The van der Waals surface area contributed by atoms with Crippen LogP contribution in [0.15, 0.2) is 47.4 Å². The summed E-state index contributed by atoms with van der Waals surface area (Å²) in [6.45, 7) is -0.405. The number of rotatable bonds is 7. The number of esters is 1. The predicted molar refractivity (Wildman–Crippen MR) is 99.8 cm³/mol. The van der Waals surface area contributed by atoms with Gasteiger partial charge in [0.2, 0.25) is 0 Å². The molecule has 8 heteroatoms. The molecule has 2 aromatic carbocycles. The van der Waals surface area contributed by atoms with Gasteiger partial charge in [-0.2, -0.15) is 0 Å². The molecule has 0 saturated carbocycles.